The first-order valence-corrected chi connectivity index (χ1v) is 7.79. The first-order chi connectivity index (χ1) is 10.2. The molecule has 2 heterocycles. The maximum atomic E-state index is 11.4. The van der Waals surface area contributed by atoms with E-state index in [0.717, 1.165) is 35.5 Å². The van der Waals surface area contributed by atoms with Gasteiger partial charge in [-0.1, -0.05) is 30.3 Å². The van der Waals surface area contributed by atoms with Gasteiger partial charge in [0.05, 0.1) is 11.5 Å². The highest BCUT2D eigenvalue weighted by Gasteiger charge is 2.27. The van der Waals surface area contributed by atoms with Crippen LogP contribution >= 0.6 is 11.5 Å². The Bertz CT molecular complexity index is 640. The quantitative estimate of drug-likeness (QED) is 0.909. The number of benzene rings is 1. The molecule has 3 rings (SSSR count). The number of hydrogen-bond acceptors (Lipinski definition) is 5. The van der Waals surface area contributed by atoms with E-state index in [-0.39, 0.29) is 11.8 Å². The Kier molecular flexibility index (Phi) is 3.79. The molecule has 1 atom stereocenters. The third-order valence-electron chi connectivity index (χ3n) is 3.87. The molecule has 1 aromatic heterocycles. The lowest BCUT2D eigenvalue weighted by Gasteiger charge is -2.32. The zero-order chi connectivity index (χ0) is 14.8. The fourth-order valence-corrected chi connectivity index (χ4v) is 3.65. The van der Waals surface area contributed by atoms with Crippen molar-refractivity contribution in [2.75, 3.05) is 23.7 Å². The van der Waals surface area contributed by atoms with E-state index in [1.807, 2.05) is 30.3 Å². The van der Waals surface area contributed by atoms with Gasteiger partial charge in [0.1, 0.15) is 10.8 Å². The SMILES string of the molecule is NC(=O)C1CCCN(c2snc(N)c2-c2ccccc2)C1. The Hall–Kier alpha value is -2.08. The predicted octanol–water partition coefficient (Wildman–Crippen LogP) is 2.09. The molecule has 4 N–H and O–H groups in total. The second-order valence-electron chi connectivity index (χ2n) is 5.30. The number of nitrogens with zero attached hydrogens (tertiary/aromatic N) is 2. The van der Waals surface area contributed by atoms with Crippen LogP contribution in [0.4, 0.5) is 10.8 Å². The number of primary amides is 1. The van der Waals surface area contributed by atoms with Crippen LogP contribution in [0.25, 0.3) is 11.1 Å². The lowest BCUT2D eigenvalue weighted by molar-refractivity contribution is -0.122. The van der Waals surface area contributed by atoms with Crippen molar-refractivity contribution in [2.45, 2.75) is 12.8 Å². The molecule has 1 aromatic carbocycles. The Morgan fingerprint density at radius 3 is 2.81 bits per heavy atom. The number of amides is 1. The molecule has 0 spiro atoms. The van der Waals surface area contributed by atoms with Crippen molar-refractivity contribution in [3.8, 4) is 11.1 Å². The average molecular weight is 302 g/mol. The summed E-state index contributed by atoms with van der Waals surface area (Å²) in [6.07, 6.45) is 1.82. The Labute approximate surface area is 127 Å². The first-order valence-electron chi connectivity index (χ1n) is 7.01. The van der Waals surface area contributed by atoms with E-state index < -0.39 is 0 Å². The summed E-state index contributed by atoms with van der Waals surface area (Å²) in [6, 6.07) is 10.00. The van der Waals surface area contributed by atoms with Crippen molar-refractivity contribution in [1.29, 1.82) is 0 Å². The molecule has 1 amide bonds. The largest absolute Gasteiger partial charge is 0.382 e. The lowest BCUT2D eigenvalue weighted by atomic mass is 9.97. The number of anilines is 2. The summed E-state index contributed by atoms with van der Waals surface area (Å²) in [7, 11) is 0. The molecule has 110 valence electrons. The topological polar surface area (TPSA) is 85.2 Å². The van der Waals surface area contributed by atoms with Crippen molar-refractivity contribution in [3.63, 3.8) is 0 Å². The van der Waals surface area contributed by atoms with Crippen LogP contribution in [0.15, 0.2) is 30.3 Å². The first kappa shape index (κ1) is 13.9. The van der Waals surface area contributed by atoms with Gasteiger partial charge in [0.25, 0.3) is 0 Å². The molecule has 1 aliphatic rings. The molecule has 0 saturated carbocycles. The van der Waals surface area contributed by atoms with Gasteiger partial charge in [-0.05, 0) is 29.9 Å². The predicted molar refractivity (Wildman–Crippen MR) is 86.1 cm³/mol. The molecule has 0 bridgehead atoms. The normalized spacial score (nSPS) is 18.7. The van der Waals surface area contributed by atoms with E-state index in [0.29, 0.717) is 12.4 Å². The number of aromatic nitrogens is 1. The minimum Gasteiger partial charge on any atom is -0.382 e. The van der Waals surface area contributed by atoms with Gasteiger partial charge in [-0.25, -0.2) is 0 Å². The van der Waals surface area contributed by atoms with E-state index >= 15 is 0 Å². The molecule has 1 fully saturated rings. The number of nitrogens with two attached hydrogens (primary N) is 2. The minimum atomic E-state index is -0.224. The van der Waals surface area contributed by atoms with Gasteiger partial charge in [0.15, 0.2) is 0 Å². The summed E-state index contributed by atoms with van der Waals surface area (Å²) < 4.78 is 4.30. The number of hydrogen-bond donors (Lipinski definition) is 2. The fourth-order valence-electron chi connectivity index (χ4n) is 2.78. The number of rotatable bonds is 3. The highest BCUT2D eigenvalue weighted by Crippen LogP contribution is 2.40. The zero-order valence-corrected chi connectivity index (χ0v) is 12.5. The van der Waals surface area contributed by atoms with Crippen LogP contribution < -0.4 is 16.4 Å². The van der Waals surface area contributed by atoms with Crippen molar-refractivity contribution >= 4 is 28.3 Å². The van der Waals surface area contributed by atoms with Crippen molar-refractivity contribution in [3.05, 3.63) is 30.3 Å². The molecule has 1 unspecified atom stereocenters. The Balaban J connectivity index is 1.95. The number of carbonyl (C=O) groups excluding carboxylic acids is 1. The summed E-state index contributed by atoms with van der Waals surface area (Å²) in [5.74, 6) is 0.228. The lowest BCUT2D eigenvalue weighted by Crippen LogP contribution is -2.41. The molecule has 21 heavy (non-hydrogen) atoms. The van der Waals surface area contributed by atoms with Gasteiger partial charge in [0.2, 0.25) is 5.91 Å². The molecular weight excluding hydrogens is 284 g/mol. The molecular formula is C15H18N4OS. The molecule has 6 heteroatoms. The van der Waals surface area contributed by atoms with Gasteiger partial charge in [0, 0.05) is 13.1 Å². The highest BCUT2D eigenvalue weighted by molar-refractivity contribution is 7.11. The summed E-state index contributed by atoms with van der Waals surface area (Å²) in [5, 5.41) is 1.03. The summed E-state index contributed by atoms with van der Waals surface area (Å²) in [6.45, 7) is 1.56. The van der Waals surface area contributed by atoms with E-state index in [4.69, 9.17) is 11.5 Å². The monoisotopic (exact) mass is 302 g/mol. The van der Waals surface area contributed by atoms with Crippen LogP contribution in [0.3, 0.4) is 0 Å². The zero-order valence-electron chi connectivity index (χ0n) is 11.7. The summed E-state index contributed by atoms with van der Waals surface area (Å²) in [5.41, 5.74) is 13.5. The van der Waals surface area contributed by atoms with Crippen LogP contribution in [-0.4, -0.2) is 23.4 Å². The number of piperidine rings is 1. The fraction of sp³-hybridized carbons (Fsp3) is 0.333. The van der Waals surface area contributed by atoms with Crippen LogP contribution in [0.5, 0.6) is 0 Å². The summed E-state index contributed by atoms with van der Waals surface area (Å²) in [4.78, 5) is 13.6. The molecule has 0 radical (unpaired) electrons. The van der Waals surface area contributed by atoms with Crippen LogP contribution in [-0.2, 0) is 4.79 Å². The van der Waals surface area contributed by atoms with Crippen LogP contribution in [0.1, 0.15) is 12.8 Å². The van der Waals surface area contributed by atoms with E-state index in [9.17, 15) is 4.79 Å². The van der Waals surface area contributed by atoms with Crippen LogP contribution in [0.2, 0.25) is 0 Å². The Morgan fingerprint density at radius 1 is 1.33 bits per heavy atom. The molecule has 0 aliphatic carbocycles. The van der Waals surface area contributed by atoms with E-state index in [2.05, 4.69) is 9.27 Å². The standard InChI is InChI=1S/C15H18N4OS/c16-13-12(10-5-2-1-3-6-10)15(21-18-13)19-8-4-7-11(9-19)14(17)20/h1-3,5-6,11H,4,7-9H2,(H2,16,18)(H2,17,20). The third kappa shape index (κ3) is 2.71. The second-order valence-corrected chi connectivity index (χ2v) is 6.05. The molecule has 2 aromatic rings. The minimum absolute atomic E-state index is 0.0919. The van der Waals surface area contributed by atoms with Gasteiger partial charge in [-0.3, -0.25) is 4.79 Å². The van der Waals surface area contributed by atoms with Gasteiger partial charge in [-0.15, -0.1) is 0 Å². The van der Waals surface area contributed by atoms with Crippen LogP contribution in [0, 0.1) is 5.92 Å². The van der Waals surface area contributed by atoms with Crippen molar-refractivity contribution in [1.82, 2.24) is 4.37 Å². The molecule has 1 saturated heterocycles. The third-order valence-corrected chi connectivity index (χ3v) is 4.80. The average Bonchev–Trinajstić information content (AvgIpc) is 2.90. The van der Waals surface area contributed by atoms with E-state index in [1.165, 1.54) is 11.5 Å². The van der Waals surface area contributed by atoms with Gasteiger partial charge < -0.3 is 16.4 Å². The Morgan fingerprint density at radius 2 is 2.10 bits per heavy atom. The molecule has 5 nitrogen and oxygen atoms in total. The maximum absolute atomic E-state index is 11.4. The van der Waals surface area contributed by atoms with Crippen molar-refractivity contribution < 1.29 is 4.79 Å². The van der Waals surface area contributed by atoms with E-state index in [1.54, 1.807) is 0 Å². The second kappa shape index (κ2) is 5.73. The summed E-state index contributed by atoms with van der Waals surface area (Å²) >= 11 is 1.39. The van der Waals surface area contributed by atoms with Crippen molar-refractivity contribution in [2.24, 2.45) is 11.7 Å². The van der Waals surface area contributed by atoms with Gasteiger partial charge in [-0.2, -0.15) is 4.37 Å². The number of carbonyl (C=O) groups is 1. The highest BCUT2D eigenvalue weighted by atomic mass is 32.1. The molecule has 1 aliphatic heterocycles. The smallest absolute Gasteiger partial charge is 0.222 e. The van der Waals surface area contributed by atoms with Gasteiger partial charge >= 0.3 is 0 Å². The number of nitrogen functional groups attached to an aromatic ring is 1. The maximum Gasteiger partial charge on any atom is 0.222 e.